The molecule has 2 N–H and O–H groups in total. The molecule has 0 aromatic rings. The largest absolute Gasteiger partial charge is 0.299 e. The zero-order valence-corrected chi connectivity index (χ0v) is 9.48. The molecule has 0 fully saturated rings. The van der Waals surface area contributed by atoms with Crippen LogP contribution < -0.4 is 0 Å². The molecular formula is C8H14N2O5S. The number of nitrogens with zero attached hydrogens (tertiary/aromatic N) is 2. The van der Waals surface area contributed by atoms with Gasteiger partial charge in [0.05, 0.1) is 13.1 Å². The molecule has 0 spiro atoms. The van der Waals surface area contributed by atoms with Gasteiger partial charge in [-0.3, -0.25) is 9.11 Å². The Bertz CT molecular complexity index is 246. The Labute approximate surface area is 95.8 Å². The minimum absolute atomic E-state index is 0.556. The minimum Gasteiger partial charge on any atom is -0.284 e. The van der Waals surface area contributed by atoms with Crippen molar-refractivity contribution in [2.24, 2.45) is 9.98 Å². The monoisotopic (exact) mass is 250 g/mol. The molecule has 0 aliphatic heterocycles. The van der Waals surface area contributed by atoms with Crippen molar-refractivity contribution in [2.75, 3.05) is 13.1 Å². The van der Waals surface area contributed by atoms with Crippen molar-refractivity contribution in [3.63, 3.8) is 0 Å². The molecule has 0 amide bonds. The molecular weight excluding hydrogens is 236 g/mol. The predicted octanol–water partition coefficient (Wildman–Crippen LogP) is 0.900. The summed E-state index contributed by atoms with van der Waals surface area (Å²) in [6, 6.07) is 0. The lowest BCUT2D eigenvalue weighted by Crippen LogP contribution is -1.84. The van der Waals surface area contributed by atoms with Gasteiger partial charge in [0.2, 0.25) is 12.2 Å². The third-order valence-corrected chi connectivity index (χ3v) is 1.42. The van der Waals surface area contributed by atoms with Gasteiger partial charge in [-0.15, -0.1) is 0 Å². The normalized spacial score (nSPS) is 8.44. The summed E-state index contributed by atoms with van der Waals surface area (Å²) in [5, 5.41) is 0. The van der Waals surface area contributed by atoms with Gasteiger partial charge in [-0.25, -0.2) is 19.6 Å². The Morgan fingerprint density at radius 2 is 1.19 bits per heavy atom. The van der Waals surface area contributed by atoms with E-state index in [9.17, 15) is 9.59 Å². The van der Waals surface area contributed by atoms with Gasteiger partial charge < -0.3 is 0 Å². The lowest BCUT2D eigenvalue weighted by molar-refractivity contribution is 0.454. The Kier molecular flexibility index (Phi) is 17.5. The first-order valence-electron chi connectivity index (χ1n) is 4.52. The Morgan fingerprint density at radius 1 is 0.875 bits per heavy atom. The number of hydrogen-bond acceptors (Lipinski definition) is 5. The van der Waals surface area contributed by atoms with Crippen LogP contribution in [0.3, 0.4) is 0 Å². The highest BCUT2D eigenvalue weighted by molar-refractivity contribution is 7.73. The van der Waals surface area contributed by atoms with Crippen LogP contribution >= 0.6 is 0 Å². The van der Waals surface area contributed by atoms with E-state index in [-0.39, 0.29) is 0 Å². The second kappa shape index (κ2) is 16.3. The number of isocyanates is 2. The molecule has 0 aliphatic rings. The Hall–Kier alpha value is -1.17. The van der Waals surface area contributed by atoms with Gasteiger partial charge in [-0.05, 0) is 12.8 Å². The number of unbranched alkanes of at least 4 members (excludes halogenated alkanes) is 3. The zero-order chi connectivity index (χ0) is 12.6. The average Bonchev–Trinajstić information content (AvgIpc) is 2.21. The van der Waals surface area contributed by atoms with Gasteiger partial charge in [0.15, 0.2) is 0 Å². The van der Waals surface area contributed by atoms with Crippen molar-refractivity contribution in [3.05, 3.63) is 0 Å². The lowest BCUT2D eigenvalue weighted by atomic mass is 10.2. The lowest BCUT2D eigenvalue weighted by Gasteiger charge is -1.93. The molecule has 0 unspecified atom stereocenters. The van der Waals surface area contributed by atoms with Crippen molar-refractivity contribution in [1.29, 1.82) is 0 Å². The van der Waals surface area contributed by atoms with Crippen LogP contribution in [0, 0.1) is 0 Å². The predicted molar refractivity (Wildman–Crippen MR) is 57.8 cm³/mol. The Balaban J connectivity index is 0. The number of hydrogen-bond donors (Lipinski definition) is 2. The van der Waals surface area contributed by atoms with Crippen LogP contribution in [0.15, 0.2) is 9.98 Å². The van der Waals surface area contributed by atoms with Crippen molar-refractivity contribution >= 4 is 23.5 Å². The van der Waals surface area contributed by atoms with Crippen LogP contribution in [0.1, 0.15) is 25.7 Å². The summed E-state index contributed by atoms with van der Waals surface area (Å²) in [5.41, 5.74) is 0. The number of carbonyl (C=O) groups excluding carboxylic acids is 2. The average molecular weight is 250 g/mol. The van der Waals surface area contributed by atoms with Gasteiger partial charge in [-0.1, -0.05) is 12.8 Å². The molecule has 0 saturated heterocycles. The smallest absolute Gasteiger partial charge is 0.284 e. The quantitative estimate of drug-likeness (QED) is 0.301. The maximum atomic E-state index is 9.63. The molecule has 0 bridgehead atoms. The molecule has 0 saturated carbocycles. The fraction of sp³-hybridized carbons (Fsp3) is 0.750. The van der Waals surface area contributed by atoms with Crippen LogP contribution in [0.25, 0.3) is 0 Å². The van der Waals surface area contributed by atoms with E-state index in [1.807, 2.05) is 0 Å². The third-order valence-electron chi connectivity index (χ3n) is 1.42. The zero-order valence-electron chi connectivity index (χ0n) is 8.66. The van der Waals surface area contributed by atoms with Crippen LogP contribution in [0.5, 0.6) is 0 Å². The molecule has 0 aliphatic carbocycles. The first-order valence-corrected chi connectivity index (χ1v) is 5.58. The second-order valence-electron chi connectivity index (χ2n) is 2.59. The molecule has 92 valence electrons. The van der Waals surface area contributed by atoms with E-state index in [4.69, 9.17) is 13.3 Å². The summed E-state index contributed by atoms with van der Waals surface area (Å²) >= 11 is -2.61. The van der Waals surface area contributed by atoms with Crippen LogP contribution in [0.4, 0.5) is 0 Å². The summed E-state index contributed by atoms with van der Waals surface area (Å²) < 4.78 is 22.8. The fourth-order valence-corrected chi connectivity index (χ4v) is 0.827. The second-order valence-corrected chi connectivity index (χ2v) is 3.05. The van der Waals surface area contributed by atoms with Crippen LogP contribution in [-0.2, 0) is 21.0 Å². The van der Waals surface area contributed by atoms with E-state index in [0.29, 0.717) is 13.1 Å². The molecule has 8 heteroatoms. The summed E-state index contributed by atoms with van der Waals surface area (Å²) in [6.45, 7) is 1.11. The molecule has 7 nitrogen and oxygen atoms in total. The minimum atomic E-state index is -2.61. The number of rotatable bonds is 7. The first-order chi connectivity index (χ1) is 7.65. The van der Waals surface area contributed by atoms with Gasteiger partial charge in [0.25, 0.3) is 11.4 Å². The third kappa shape index (κ3) is 29.3. The van der Waals surface area contributed by atoms with E-state index in [0.717, 1.165) is 25.7 Å². The molecule has 0 heterocycles. The molecule has 16 heavy (non-hydrogen) atoms. The van der Waals surface area contributed by atoms with E-state index >= 15 is 0 Å². The maximum absolute atomic E-state index is 9.63. The summed E-state index contributed by atoms with van der Waals surface area (Å²) in [6.07, 6.45) is 6.80. The van der Waals surface area contributed by atoms with Crippen molar-refractivity contribution in [1.82, 2.24) is 0 Å². The molecule has 0 aromatic heterocycles. The topological polar surface area (TPSA) is 116 Å². The van der Waals surface area contributed by atoms with E-state index < -0.39 is 11.4 Å². The van der Waals surface area contributed by atoms with Crippen LogP contribution in [-0.4, -0.2) is 38.6 Å². The Morgan fingerprint density at radius 3 is 1.44 bits per heavy atom. The SMILES string of the molecule is O=C=NCCCCCCN=C=O.O=S(O)O. The standard InChI is InChI=1S/C8H12N2O2.H2O3S/c11-7-9-5-3-1-2-4-6-10-8-12;1-4(2)3/h1-6H2;(H2,1,2,3). The summed E-state index contributed by atoms with van der Waals surface area (Å²) in [7, 11) is 0. The molecule has 0 radical (unpaired) electrons. The van der Waals surface area contributed by atoms with Crippen LogP contribution in [0.2, 0.25) is 0 Å². The van der Waals surface area contributed by atoms with Crippen molar-refractivity contribution in [3.8, 4) is 0 Å². The molecule has 0 rings (SSSR count). The molecule has 0 atom stereocenters. The van der Waals surface area contributed by atoms with Gasteiger partial charge in [0.1, 0.15) is 0 Å². The van der Waals surface area contributed by atoms with Gasteiger partial charge in [-0.2, -0.15) is 4.21 Å². The highest BCUT2D eigenvalue weighted by Crippen LogP contribution is 1.99. The fourth-order valence-electron chi connectivity index (χ4n) is 0.827. The van der Waals surface area contributed by atoms with Crippen molar-refractivity contribution in [2.45, 2.75) is 25.7 Å². The summed E-state index contributed by atoms with van der Waals surface area (Å²) in [5.74, 6) is 0. The van der Waals surface area contributed by atoms with Gasteiger partial charge >= 0.3 is 0 Å². The first kappa shape index (κ1) is 17.2. The van der Waals surface area contributed by atoms with E-state index in [2.05, 4.69) is 9.98 Å². The number of aliphatic imine (C=N–C) groups is 2. The van der Waals surface area contributed by atoms with E-state index in [1.165, 1.54) is 12.2 Å². The van der Waals surface area contributed by atoms with Crippen molar-refractivity contribution < 1.29 is 22.9 Å². The van der Waals surface area contributed by atoms with E-state index in [1.54, 1.807) is 0 Å². The highest BCUT2D eigenvalue weighted by atomic mass is 32.2. The molecule has 0 aromatic carbocycles. The maximum Gasteiger partial charge on any atom is 0.299 e. The van der Waals surface area contributed by atoms with Gasteiger partial charge in [0, 0.05) is 0 Å². The highest BCUT2D eigenvalue weighted by Gasteiger charge is 1.87. The summed E-state index contributed by atoms with van der Waals surface area (Å²) in [4.78, 5) is 26.1.